The molecule has 0 unspecified atom stereocenters. The molecule has 1 aromatic carbocycles. The number of rotatable bonds is 12. The van der Waals surface area contributed by atoms with Crippen LogP contribution in [-0.4, -0.2) is 34.8 Å². The van der Waals surface area contributed by atoms with Crippen molar-refractivity contribution in [3.63, 3.8) is 0 Å². The number of carbonyl (C=O) groups is 1. The maximum atomic E-state index is 11.2. The summed E-state index contributed by atoms with van der Waals surface area (Å²) in [6.07, 6.45) is 10.0. The fraction of sp³-hybridized carbons (Fsp3) is 0.682. The number of unbranched alkanes of at least 4 members (excludes halogenated alkanes) is 2. The van der Waals surface area contributed by atoms with Gasteiger partial charge in [0.25, 0.3) is 0 Å². The summed E-state index contributed by atoms with van der Waals surface area (Å²) in [5.41, 5.74) is 1.17. The van der Waals surface area contributed by atoms with Gasteiger partial charge in [-0.2, -0.15) is 0 Å². The minimum Gasteiger partial charge on any atom is -0.494 e. The van der Waals surface area contributed by atoms with E-state index in [1.807, 2.05) is 13.0 Å². The largest absolute Gasteiger partial charge is 0.494 e. The molecule has 3 N–H and O–H groups in total. The summed E-state index contributed by atoms with van der Waals surface area (Å²) in [5, 5.41) is 25.3. The van der Waals surface area contributed by atoms with Gasteiger partial charge in [0.15, 0.2) is 5.75 Å². The predicted octanol–water partition coefficient (Wildman–Crippen LogP) is 5.11. The van der Waals surface area contributed by atoms with E-state index in [0.29, 0.717) is 24.0 Å². The van der Waals surface area contributed by atoms with Crippen LogP contribution in [-0.2, 0) is 14.7 Å². The first-order valence-corrected chi connectivity index (χ1v) is 10.8. The molecule has 8 heteroatoms. The molecule has 0 bridgehead atoms. The van der Waals surface area contributed by atoms with Crippen LogP contribution in [0.3, 0.4) is 0 Å². The normalized spacial score (nSPS) is 18.2. The Morgan fingerprint density at radius 2 is 1.73 bits per heavy atom. The van der Waals surface area contributed by atoms with Crippen LogP contribution in [0.25, 0.3) is 0 Å². The lowest BCUT2D eigenvalue weighted by atomic mass is 9.77. The van der Waals surface area contributed by atoms with Gasteiger partial charge in [0.2, 0.25) is 0 Å². The van der Waals surface area contributed by atoms with E-state index in [9.17, 15) is 4.79 Å². The zero-order valence-corrected chi connectivity index (χ0v) is 18.0. The van der Waals surface area contributed by atoms with Crippen LogP contribution in [0.4, 0.5) is 0 Å². The molecule has 0 heterocycles. The van der Waals surface area contributed by atoms with E-state index in [4.69, 9.17) is 25.2 Å². The average molecular weight is 429 g/mol. The van der Waals surface area contributed by atoms with E-state index in [0.717, 1.165) is 18.8 Å². The fourth-order valence-corrected chi connectivity index (χ4v) is 3.82. The highest BCUT2D eigenvalue weighted by Gasteiger charge is 2.23. The van der Waals surface area contributed by atoms with Gasteiger partial charge in [-0.25, -0.2) is 4.79 Å². The minimum absolute atomic E-state index is 0.144. The van der Waals surface area contributed by atoms with Crippen LogP contribution in [0.5, 0.6) is 11.5 Å². The van der Waals surface area contributed by atoms with Crippen molar-refractivity contribution in [1.29, 1.82) is 0 Å². The van der Waals surface area contributed by atoms with Gasteiger partial charge in [-0.15, -0.1) is 0 Å². The molecule has 0 amide bonds. The van der Waals surface area contributed by atoms with Crippen LogP contribution in [0.1, 0.15) is 83.1 Å². The molecule has 172 valence electrons. The molecule has 1 aliphatic rings. The van der Waals surface area contributed by atoms with E-state index in [2.05, 4.69) is 22.9 Å². The lowest BCUT2D eigenvalue weighted by Crippen LogP contribution is -2.14. The number of hydrogen-bond acceptors (Lipinski definition) is 8. The molecular weight excluding hydrogens is 392 g/mol. The Morgan fingerprint density at radius 3 is 2.37 bits per heavy atom. The third kappa shape index (κ3) is 9.75. The van der Waals surface area contributed by atoms with E-state index >= 15 is 0 Å². The first kappa shape index (κ1) is 26.2. The second-order valence-corrected chi connectivity index (χ2v) is 7.46. The first-order chi connectivity index (χ1) is 14.7. The summed E-state index contributed by atoms with van der Waals surface area (Å²) in [6.45, 7) is 4.44. The summed E-state index contributed by atoms with van der Waals surface area (Å²) in [4.78, 5) is 20.8. The molecule has 0 spiro atoms. The molecule has 1 aromatic rings. The van der Waals surface area contributed by atoms with Gasteiger partial charge in [0.1, 0.15) is 5.75 Å². The number of aliphatic hydroxyl groups excluding tert-OH is 1. The Hall–Kier alpha value is -1.87. The van der Waals surface area contributed by atoms with Crippen molar-refractivity contribution >= 4 is 5.97 Å². The predicted molar refractivity (Wildman–Crippen MR) is 111 cm³/mol. The monoisotopic (exact) mass is 428 g/mol. The highest BCUT2D eigenvalue weighted by Crippen LogP contribution is 2.40. The number of aliphatic hydroxyl groups is 1. The van der Waals surface area contributed by atoms with Gasteiger partial charge in [-0.3, -0.25) is 20.3 Å². The minimum atomic E-state index is -0.690. The summed E-state index contributed by atoms with van der Waals surface area (Å²) in [6, 6.07) is 5.70. The van der Waals surface area contributed by atoms with Crippen molar-refractivity contribution in [2.75, 3.05) is 13.2 Å². The Kier molecular flexibility index (Phi) is 13.9. The molecule has 0 atom stereocenters. The summed E-state index contributed by atoms with van der Waals surface area (Å²) >= 11 is 0. The van der Waals surface area contributed by atoms with Gasteiger partial charge in [0, 0.05) is 11.1 Å². The third-order valence-corrected chi connectivity index (χ3v) is 5.32. The van der Waals surface area contributed by atoms with Gasteiger partial charge in [-0.05, 0) is 62.1 Å². The van der Waals surface area contributed by atoms with Crippen molar-refractivity contribution in [2.24, 2.45) is 5.92 Å². The van der Waals surface area contributed by atoms with Gasteiger partial charge in [0.05, 0.1) is 19.6 Å². The second-order valence-electron chi connectivity index (χ2n) is 7.46. The maximum Gasteiger partial charge on any atom is 0.348 e. The van der Waals surface area contributed by atoms with Gasteiger partial charge < -0.3 is 9.84 Å². The van der Waals surface area contributed by atoms with Crippen molar-refractivity contribution in [3.05, 3.63) is 23.8 Å². The van der Waals surface area contributed by atoms with Crippen molar-refractivity contribution in [2.45, 2.75) is 77.6 Å². The van der Waals surface area contributed by atoms with Crippen LogP contribution in [0, 0.1) is 5.92 Å². The highest BCUT2D eigenvalue weighted by atomic mass is 17.5. The zero-order chi connectivity index (χ0) is 22.2. The van der Waals surface area contributed by atoms with E-state index < -0.39 is 5.97 Å². The van der Waals surface area contributed by atoms with Crippen LogP contribution >= 0.6 is 0 Å². The average Bonchev–Trinajstić information content (AvgIpc) is 2.76. The maximum absolute atomic E-state index is 11.2. The molecule has 0 aliphatic heterocycles. The molecular formula is C22H36O8. The van der Waals surface area contributed by atoms with Crippen molar-refractivity contribution in [1.82, 2.24) is 0 Å². The smallest absolute Gasteiger partial charge is 0.348 e. The quantitative estimate of drug-likeness (QED) is 0.239. The molecule has 2 rings (SSSR count). The Morgan fingerprint density at radius 1 is 1.03 bits per heavy atom. The highest BCUT2D eigenvalue weighted by molar-refractivity contribution is 5.68. The summed E-state index contributed by atoms with van der Waals surface area (Å²) in [5.74, 6) is 1.78. The summed E-state index contributed by atoms with van der Waals surface area (Å²) < 4.78 is 5.65. The molecule has 1 fully saturated rings. The summed E-state index contributed by atoms with van der Waals surface area (Å²) in [7, 11) is 0. The van der Waals surface area contributed by atoms with E-state index in [-0.39, 0.29) is 13.0 Å². The topological polar surface area (TPSA) is 115 Å². The van der Waals surface area contributed by atoms with Crippen molar-refractivity contribution in [3.8, 4) is 11.5 Å². The first-order valence-electron chi connectivity index (χ1n) is 10.8. The molecule has 0 radical (unpaired) electrons. The van der Waals surface area contributed by atoms with E-state index in [1.165, 1.54) is 44.1 Å². The second kappa shape index (κ2) is 15.9. The van der Waals surface area contributed by atoms with Crippen LogP contribution in [0.2, 0.25) is 0 Å². The molecule has 30 heavy (non-hydrogen) atoms. The zero-order valence-electron chi connectivity index (χ0n) is 18.0. The molecule has 0 saturated heterocycles. The van der Waals surface area contributed by atoms with Gasteiger partial charge in [-0.1, -0.05) is 32.6 Å². The number of hydrogen-bond donors (Lipinski definition) is 3. The molecule has 8 nitrogen and oxygen atoms in total. The van der Waals surface area contributed by atoms with Crippen LogP contribution < -0.4 is 9.62 Å². The number of ether oxygens (including phenoxy) is 1. The third-order valence-electron chi connectivity index (χ3n) is 5.32. The molecule has 1 saturated carbocycles. The van der Waals surface area contributed by atoms with Crippen LogP contribution in [0.15, 0.2) is 18.2 Å². The lowest BCUT2D eigenvalue weighted by molar-refractivity contribution is -0.437. The Balaban J connectivity index is 0.00000218. The molecule has 0 aromatic heterocycles. The number of benzene rings is 1. The SMILES string of the molecule is CCCCCC1CCC(c2cc(OCC)cc(OOOC(=O)CCO)c2)CC1.OO. The Bertz CT molecular complexity index is 585. The molecule has 1 aliphatic carbocycles. The van der Waals surface area contributed by atoms with Crippen molar-refractivity contribution < 1.29 is 40.0 Å². The fourth-order valence-electron chi connectivity index (χ4n) is 3.82. The lowest BCUT2D eigenvalue weighted by Gasteiger charge is -2.29. The van der Waals surface area contributed by atoms with E-state index in [1.54, 1.807) is 6.07 Å². The number of carbonyl (C=O) groups excluding carboxylic acids is 1. The Labute approximate surface area is 178 Å². The standard InChI is InChI=1S/C22H34O6.H2O2/c1-3-5-6-7-17-8-10-18(11-9-17)19-14-20(25-4-2)16-21(15-19)26-28-27-22(24)12-13-23;1-2/h14-18,23H,3-13H2,1-2H3;1-2H. The van der Waals surface area contributed by atoms with Gasteiger partial charge >= 0.3 is 5.97 Å².